The van der Waals surface area contributed by atoms with E-state index in [1.807, 2.05) is 42.5 Å². The number of benzene rings is 8. The number of hydrogen-bond acceptors (Lipinski definition) is 4. The van der Waals surface area contributed by atoms with Gasteiger partial charge in [-0.05, 0) is 68.1 Å². The third kappa shape index (κ3) is 5.04. The van der Waals surface area contributed by atoms with Crippen LogP contribution in [0.5, 0.6) is 0 Å². The normalized spacial score (nSPS) is 11.5. The van der Waals surface area contributed by atoms with E-state index in [-0.39, 0.29) is 0 Å². The molecule has 0 atom stereocenters. The highest BCUT2D eigenvalue weighted by Crippen LogP contribution is 2.44. The van der Waals surface area contributed by atoms with Crippen LogP contribution in [-0.2, 0) is 0 Å². The fourth-order valence-corrected chi connectivity index (χ4v) is 7.21. The van der Waals surface area contributed by atoms with Gasteiger partial charge in [0.2, 0.25) is 0 Å². The third-order valence-corrected chi connectivity index (χ3v) is 9.71. The standard InChI is InChI=1S/C47H29N3O/c1-4-12-30(13-5-1)34-20-21-36-29-37(23-22-35(36)28-34)46-48-45(33-17-8-3-9-18-33)49-47(50-46)40-26-25-39(31-14-6-2-7-15-31)43-42-38-19-11-10-16-32(38)24-27-41(42)51-44(40)43/h1-29H. The van der Waals surface area contributed by atoms with Gasteiger partial charge in [0.15, 0.2) is 17.5 Å². The molecule has 4 nitrogen and oxygen atoms in total. The molecule has 4 heteroatoms. The molecular formula is C47H29N3O. The van der Waals surface area contributed by atoms with Crippen LogP contribution in [0.25, 0.3) is 99.9 Å². The van der Waals surface area contributed by atoms with Gasteiger partial charge in [-0.1, -0.05) is 152 Å². The van der Waals surface area contributed by atoms with E-state index < -0.39 is 0 Å². The van der Waals surface area contributed by atoms with E-state index in [9.17, 15) is 0 Å². The second-order valence-electron chi connectivity index (χ2n) is 12.8. The van der Waals surface area contributed by atoms with Crippen LogP contribution >= 0.6 is 0 Å². The zero-order valence-corrected chi connectivity index (χ0v) is 27.5. The van der Waals surface area contributed by atoms with Crippen LogP contribution in [0, 0.1) is 0 Å². The van der Waals surface area contributed by atoms with E-state index in [1.165, 1.54) is 11.1 Å². The van der Waals surface area contributed by atoms with Crippen molar-refractivity contribution in [2.24, 2.45) is 0 Å². The maximum absolute atomic E-state index is 6.80. The maximum Gasteiger partial charge on any atom is 0.167 e. The number of furan rings is 1. The third-order valence-electron chi connectivity index (χ3n) is 9.71. The first-order chi connectivity index (χ1) is 25.3. The summed E-state index contributed by atoms with van der Waals surface area (Å²) in [4.78, 5) is 15.3. The Kier molecular flexibility index (Phi) is 6.78. The van der Waals surface area contributed by atoms with Crippen molar-refractivity contribution in [3.05, 3.63) is 176 Å². The average molecular weight is 652 g/mol. The molecule has 0 aliphatic rings. The molecule has 0 unspecified atom stereocenters. The molecule has 0 bridgehead atoms. The lowest BCUT2D eigenvalue weighted by molar-refractivity contribution is 0.670. The van der Waals surface area contributed by atoms with Crippen molar-refractivity contribution in [1.82, 2.24) is 15.0 Å². The summed E-state index contributed by atoms with van der Waals surface area (Å²) in [6, 6.07) is 61.0. The maximum atomic E-state index is 6.80. The molecule has 238 valence electrons. The number of aromatic nitrogens is 3. The second kappa shape index (κ2) is 11.9. The molecule has 51 heavy (non-hydrogen) atoms. The Bertz CT molecular complexity index is 2900. The molecule has 0 saturated carbocycles. The van der Waals surface area contributed by atoms with E-state index in [0.717, 1.165) is 71.3 Å². The van der Waals surface area contributed by atoms with Crippen molar-refractivity contribution in [2.75, 3.05) is 0 Å². The fraction of sp³-hybridized carbons (Fsp3) is 0. The van der Waals surface area contributed by atoms with Crippen LogP contribution in [0.2, 0.25) is 0 Å². The summed E-state index contributed by atoms with van der Waals surface area (Å²) in [6.07, 6.45) is 0. The first-order valence-corrected chi connectivity index (χ1v) is 17.1. The number of hydrogen-bond donors (Lipinski definition) is 0. The molecule has 0 aliphatic heterocycles. The van der Waals surface area contributed by atoms with E-state index in [1.54, 1.807) is 0 Å². The molecule has 0 radical (unpaired) electrons. The summed E-state index contributed by atoms with van der Waals surface area (Å²) in [7, 11) is 0. The quantitative estimate of drug-likeness (QED) is 0.186. The largest absolute Gasteiger partial charge is 0.455 e. The molecule has 10 aromatic rings. The van der Waals surface area contributed by atoms with E-state index in [0.29, 0.717) is 17.5 Å². The Morgan fingerprint density at radius 2 is 0.882 bits per heavy atom. The first-order valence-electron chi connectivity index (χ1n) is 17.1. The number of fused-ring (bicyclic) bond motifs is 6. The van der Waals surface area contributed by atoms with Crippen molar-refractivity contribution in [2.45, 2.75) is 0 Å². The highest BCUT2D eigenvalue weighted by molar-refractivity contribution is 6.24. The summed E-state index contributed by atoms with van der Waals surface area (Å²) >= 11 is 0. The van der Waals surface area contributed by atoms with Gasteiger partial charge in [-0.15, -0.1) is 0 Å². The van der Waals surface area contributed by atoms with Crippen molar-refractivity contribution < 1.29 is 4.42 Å². The molecule has 0 fully saturated rings. The zero-order valence-electron chi connectivity index (χ0n) is 27.5. The van der Waals surface area contributed by atoms with Crippen LogP contribution < -0.4 is 0 Å². The predicted octanol–water partition coefficient (Wildman–Crippen LogP) is 12.4. The Hall–Kier alpha value is -6.91. The molecule has 2 heterocycles. The molecule has 2 aromatic heterocycles. The molecule has 10 rings (SSSR count). The summed E-state index contributed by atoms with van der Waals surface area (Å²) < 4.78 is 6.80. The van der Waals surface area contributed by atoms with Gasteiger partial charge < -0.3 is 4.42 Å². The predicted molar refractivity (Wildman–Crippen MR) is 209 cm³/mol. The minimum absolute atomic E-state index is 0.561. The minimum atomic E-state index is 0.561. The fourth-order valence-electron chi connectivity index (χ4n) is 7.21. The lowest BCUT2D eigenvalue weighted by Crippen LogP contribution is -2.00. The monoisotopic (exact) mass is 651 g/mol. The first kappa shape index (κ1) is 29.0. The Morgan fingerprint density at radius 3 is 1.63 bits per heavy atom. The van der Waals surface area contributed by atoms with Crippen molar-refractivity contribution >= 4 is 43.5 Å². The van der Waals surface area contributed by atoms with Gasteiger partial charge in [-0.3, -0.25) is 0 Å². The summed E-state index contributed by atoms with van der Waals surface area (Å²) in [5.74, 6) is 1.78. The zero-order chi connectivity index (χ0) is 33.7. The summed E-state index contributed by atoms with van der Waals surface area (Å²) in [6.45, 7) is 0. The Labute approximate surface area is 294 Å². The van der Waals surface area contributed by atoms with Gasteiger partial charge in [0.1, 0.15) is 11.2 Å². The molecule has 8 aromatic carbocycles. The number of nitrogens with zero attached hydrogens (tertiary/aromatic N) is 3. The highest BCUT2D eigenvalue weighted by atomic mass is 16.3. The van der Waals surface area contributed by atoms with Crippen molar-refractivity contribution in [3.63, 3.8) is 0 Å². The van der Waals surface area contributed by atoms with Crippen LogP contribution in [-0.4, -0.2) is 15.0 Å². The molecule has 0 saturated heterocycles. The molecule has 0 spiro atoms. The van der Waals surface area contributed by atoms with E-state index >= 15 is 0 Å². The Morgan fingerprint density at radius 1 is 0.333 bits per heavy atom. The van der Waals surface area contributed by atoms with Gasteiger partial charge in [0.05, 0.1) is 5.56 Å². The van der Waals surface area contributed by atoms with Crippen LogP contribution in [0.15, 0.2) is 180 Å². The van der Waals surface area contributed by atoms with Crippen LogP contribution in [0.1, 0.15) is 0 Å². The summed E-state index contributed by atoms with van der Waals surface area (Å²) in [5, 5.41) is 6.73. The topological polar surface area (TPSA) is 51.8 Å². The lowest BCUT2D eigenvalue weighted by atomic mass is 9.95. The second-order valence-corrected chi connectivity index (χ2v) is 12.8. The SMILES string of the molecule is c1ccc(-c2ccc3cc(-c4nc(-c5ccccc5)nc(-c5ccc(-c6ccccc6)c6c5oc5ccc7ccccc7c56)n4)ccc3c2)cc1. The minimum Gasteiger partial charge on any atom is -0.455 e. The van der Waals surface area contributed by atoms with Gasteiger partial charge in [0, 0.05) is 21.9 Å². The van der Waals surface area contributed by atoms with Gasteiger partial charge in [-0.2, -0.15) is 0 Å². The van der Waals surface area contributed by atoms with Gasteiger partial charge >= 0.3 is 0 Å². The lowest BCUT2D eigenvalue weighted by Gasteiger charge is -2.11. The van der Waals surface area contributed by atoms with Crippen LogP contribution in [0.3, 0.4) is 0 Å². The van der Waals surface area contributed by atoms with Crippen molar-refractivity contribution in [1.29, 1.82) is 0 Å². The van der Waals surface area contributed by atoms with Gasteiger partial charge in [0.25, 0.3) is 0 Å². The van der Waals surface area contributed by atoms with Gasteiger partial charge in [-0.25, -0.2) is 15.0 Å². The molecular weight excluding hydrogens is 623 g/mol. The molecule has 0 aliphatic carbocycles. The van der Waals surface area contributed by atoms with E-state index in [4.69, 9.17) is 19.4 Å². The average Bonchev–Trinajstić information content (AvgIpc) is 3.61. The number of rotatable bonds is 5. The molecule has 0 N–H and O–H groups in total. The summed E-state index contributed by atoms with van der Waals surface area (Å²) in [5.41, 5.74) is 8.85. The Balaban J connectivity index is 1.20. The van der Waals surface area contributed by atoms with Crippen LogP contribution in [0.4, 0.5) is 0 Å². The smallest absolute Gasteiger partial charge is 0.167 e. The highest BCUT2D eigenvalue weighted by Gasteiger charge is 2.22. The van der Waals surface area contributed by atoms with Crippen molar-refractivity contribution in [3.8, 4) is 56.4 Å². The van der Waals surface area contributed by atoms with E-state index in [2.05, 4.69) is 133 Å². The molecule has 0 amide bonds.